The van der Waals surface area contributed by atoms with E-state index in [-0.39, 0.29) is 0 Å². The van der Waals surface area contributed by atoms with E-state index in [9.17, 15) is 0 Å². The molecule has 0 heterocycles. The van der Waals surface area contributed by atoms with Crippen molar-refractivity contribution in [3.05, 3.63) is 0 Å². The number of hydrogen-bond acceptors (Lipinski definition) is 2. The molecule has 0 aromatic rings. The standard InChI is InChI=1S/C15H34N2/c1-7-9-11-17(12-10-8-2)13-15(4,5)14(3)16-6/h14,16H,7-13H2,1-6H3. The van der Waals surface area contributed by atoms with Crippen LogP contribution in [-0.2, 0) is 0 Å². The van der Waals surface area contributed by atoms with Crippen LogP contribution in [0.15, 0.2) is 0 Å². The van der Waals surface area contributed by atoms with Crippen LogP contribution in [0.3, 0.4) is 0 Å². The van der Waals surface area contributed by atoms with Crippen LogP contribution in [0.5, 0.6) is 0 Å². The van der Waals surface area contributed by atoms with Gasteiger partial charge >= 0.3 is 0 Å². The Bertz CT molecular complexity index is 170. The van der Waals surface area contributed by atoms with Gasteiger partial charge in [0.15, 0.2) is 0 Å². The first-order valence-electron chi connectivity index (χ1n) is 7.37. The maximum Gasteiger partial charge on any atom is 0.00991 e. The lowest BCUT2D eigenvalue weighted by Gasteiger charge is -2.37. The van der Waals surface area contributed by atoms with Gasteiger partial charge in [0.05, 0.1) is 0 Å². The second-order valence-electron chi connectivity index (χ2n) is 5.98. The highest BCUT2D eigenvalue weighted by molar-refractivity contribution is 4.83. The van der Waals surface area contributed by atoms with E-state index in [1.807, 2.05) is 0 Å². The summed E-state index contributed by atoms with van der Waals surface area (Å²) in [7, 11) is 2.06. The maximum atomic E-state index is 3.40. The van der Waals surface area contributed by atoms with Crippen molar-refractivity contribution in [2.75, 3.05) is 26.7 Å². The topological polar surface area (TPSA) is 15.3 Å². The van der Waals surface area contributed by atoms with Gasteiger partial charge in [0.1, 0.15) is 0 Å². The predicted molar refractivity (Wildman–Crippen MR) is 78.6 cm³/mol. The molecule has 0 amide bonds. The minimum atomic E-state index is 0.343. The monoisotopic (exact) mass is 242 g/mol. The van der Waals surface area contributed by atoms with E-state index < -0.39 is 0 Å². The van der Waals surface area contributed by atoms with Crippen molar-refractivity contribution in [3.8, 4) is 0 Å². The first-order valence-corrected chi connectivity index (χ1v) is 7.37. The normalized spacial score (nSPS) is 14.3. The van der Waals surface area contributed by atoms with Gasteiger partial charge in [-0.1, -0.05) is 40.5 Å². The minimum absolute atomic E-state index is 0.343. The van der Waals surface area contributed by atoms with Crippen LogP contribution in [0.25, 0.3) is 0 Å². The predicted octanol–water partition coefficient (Wildman–Crippen LogP) is 3.52. The highest BCUT2D eigenvalue weighted by Gasteiger charge is 2.26. The molecule has 0 aromatic heterocycles. The lowest BCUT2D eigenvalue weighted by molar-refractivity contribution is 0.143. The molecule has 0 aliphatic heterocycles. The molecule has 1 unspecified atom stereocenters. The molecule has 17 heavy (non-hydrogen) atoms. The van der Waals surface area contributed by atoms with E-state index in [4.69, 9.17) is 0 Å². The molecule has 1 atom stereocenters. The zero-order chi connectivity index (χ0) is 13.3. The summed E-state index contributed by atoms with van der Waals surface area (Å²) in [6.07, 6.45) is 5.25. The van der Waals surface area contributed by atoms with Crippen molar-refractivity contribution in [2.45, 2.75) is 66.3 Å². The number of nitrogens with one attached hydrogen (secondary N) is 1. The molecule has 0 saturated heterocycles. The molecule has 0 rings (SSSR count). The van der Waals surface area contributed by atoms with Crippen LogP contribution in [0.4, 0.5) is 0 Å². The van der Waals surface area contributed by atoms with Crippen LogP contribution in [0, 0.1) is 5.41 Å². The van der Waals surface area contributed by atoms with E-state index in [2.05, 4.69) is 51.9 Å². The van der Waals surface area contributed by atoms with Crippen LogP contribution in [0.2, 0.25) is 0 Å². The highest BCUT2D eigenvalue weighted by atomic mass is 15.1. The van der Waals surface area contributed by atoms with E-state index >= 15 is 0 Å². The third-order valence-corrected chi connectivity index (χ3v) is 3.89. The van der Waals surface area contributed by atoms with Gasteiger partial charge in [-0.15, -0.1) is 0 Å². The fraction of sp³-hybridized carbons (Fsp3) is 1.00. The fourth-order valence-electron chi connectivity index (χ4n) is 2.14. The Kier molecular flexibility index (Phi) is 8.89. The summed E-state index contributed by atoms with van der Waals surface area (Å²) < 4.78 is 0. The Labute approximate surface area is 109 Å². The molecule has 0 aliphatic carbocycles. The van der Waals surface area contributed by atoms with Gasteiger partial charge in [-0.3, -0.25) is 0 Å². The van der Waals surface area contributed by atoms with Crippen molar-refractivity contribution in [3.63, 3.8) is 0 Å². The molecule has 2 nitrogen and oxygen atoms in total. The van der Waals surface area contributed by atoms with E-state index in [0.29, 0.717) is 11.5 Å². The maximum absolute atomic E-state index is 3.40. The summed E-state index contributed by atoms with van der Waals surface area (Å²) in [4.78, 5) is 2.65. The Morgan fingerprint density at radius 2 is 1.53 bits per heavy atom. The lowest BCUT2D eigenvalue weighted by Crippen LogP contribution is -2.46. The van der Waals surface area contributed by atoms with E-state index in [1.54, 1.807) is 0 Å². The Balaban J connectivity index is 4.27. The van der Waals surface area contributed by atoms with Gasteiger partial charge < -0.3 is 10.2 Å². The zero-order valence-corrected chi connectivity index (χ0v) is 13.0. The summed E-state index contributed by atoms with van der Waals surface area (Å²) in [5.41, 5.74) is 0.343. The smallest absolute Gasteiger partial charge is 0.00991 e. The van der Waals surface area contributed by atoms with Gasteiger partial charge in [-0.25, -0.2) is 0 Å². The fourth-order valence-corrected chi connectivity index (χ4v) is 2.14. The number of unbranched alkanes of at least 4 members (excludes halogenated alkanes) is 2. The number of rotatable bonds is 10. The SMILES string of the molecule is CCCCN(CCCC)CC(C)(C)C(C)NC. The second kappa shape index (κ2) is 8.93. The van der Waals surface area contributed by atoms with Gasteiger partial charge in [0.2, 0.25) is 0 Å². The van der Waals surface area contributed by atoms with Crippen LogP contribution in [-0.4, -0.2) is 37.6 Å². The quantitative estimate of drug-likeness (QED) is 0.630. The van der Waals surface area contributed by atoms with Crippen molar-refractivity contribution in [1.82, 2.24) is 10.2 Å². The van der Waals surface area contributed by atoms with Crippen LogP contribution < -0.4 is 5.32 Å². The summed E-state index contributed by atoms with van der Waals surface area (Å²) >= 11 is 0. The minimum Gasteiger partial charge on any atom is -0.317 e. The highest BCUT2D eigenvalue weighted by Crippen LogP contribution is 2.22. The van der Waals surface area contributed by atoms with Gasteiger partial charge in [-0.2, -0.15) is 0 Å². The zero-order valence-electron chi connectivity index (χ0n) is 13.0. The van der Waals surface area contributed by atoms with E-state index in [0.717, 1.165) is 0 Å². The third-order valence-electron chi connectivity index (χ3n) is 3.89. The Morgan fingerprint density at radius 1 is 1.06 bits per heavy atom. The molecule has 1 N–H and O–H groups in total. The van der Waals surface area contributed by atoms with Crippen molar-refractivity contribution in [2.24, 2.45) is 5.41 Å². The number of hydrogen-bond donors (Lipinski definition) is 1. The molecule has 0 aliphatic rings. The third kappa shape index (κ3) is 7.05. The summed E-state index contributed by atoms with van der Waals surface area (Å²) in [5.74, 6) is 0. The first-order chi connectivity index (χ1) is 7.97. The Hall–Kier alpha value is -0.0800. The second-order valence-corrected chi connectivity index (χ2v) is 5.98. The van der Waals surface area contributed by atoms with E-state index in [1.165, 1.54) is 45.3 Å². The molecular weight excluding hydrogens is 208 g/mol. The largest absolute Gasteiger partial charge is 0.317 e. The van der Waals surface area contributed by atoms with Crippen LogP contribution >= 0.6 is 0 Å². The van der Waals surface area contributed by atoms with Gasteiger partial charge in [0.25, 0.3) is 0 Å². The first kappa shape index (κ1) is 16.9. The molecule has 104 valence electrons. The summed E-state index contributed by atoms with van der Waals surface area (Å²) in [6.45, 7) is 15.3. The van der Waals surface area contributed by atoms with Gasteiger partial charge in [0, 0.05) is 12.6 Å². The molecule has 0 bridgehead atoms. The number of nitrogens with zero attached hydrogens (tertiary/aromatic N) is 1. The van der Waals surface area contributed by atoms with Crippen LogP contribution in [0.1, 0.15) is 60.3 Å². The molecule has 0 aromatic carbocycles. The summed E-state index contributed by atoms with van der Waals surface area (Å²) in [5, 5.41) is 3.40. The molecule has 0 spiro atoms. The molecular formula is C15H34N2. The average Bonchev–Trinajstić information content (AvgIpc) is 2.31. The molecule has 2 heteroatoms. The lowest BCUT2D eigenvalue weighted by atomic mass is 9.84. The van der Waals surface area contributed by atoms with Gasteiger partial charge in [-0.05, 0) is 45.3 Å². The average molecular weight is 242 g/mol. The molecule has 0 saturated carbocycles. The summed E-state index contributed by atoms with van der Waals surface area (Å²) in [6, 6.07) is 0.563. The van der Waals surface area contributed by atoms with Crippen molar-refractivity contribution >= 4 is 0 Å². The Morgan fingerprint density at radius 3 is 1.88 bits per heavy atom. The van der Waals surface area contributed by atoms with Crippen molar-refractivity contribution in [1.29, 1.82) is 0 Å². The molecule has 0 radical (unpaired) electrons. The molecule has 0 fully saturated rings. The van der Waals surface area contributed by atoms with Crippen molar-refractivity contribution < 1.29 is 0 Å².